The molecule has 0 aliphatic carbocycles. The normalized spacial score (nSPS) is 10.2. The van der Waals surface area contributed by atoms with E-state index in [0.717, 1.165) is 17.9 Å². The van der Waals surface area contributed by atoms with Crippen molar-refractivity contribution in [3.63, 3.8) is 0 Å². The molecule has 0 aliphatic rings. The average Bonchev–Trinajstić information content (AvgIpc) is 2.52. The van der Waals surface area contributed by atoms with E-state index < -0.39 is 0 Å². The van der Waals surface area contributed by atoms with Crippen LogP contribution in [0.3, 0.4) is 0 Å². The number of halogens is 1. The summed E-state index contributed by atoms with van der Waals surface area (Å²) in [6.45, 7) is 3.78. The van der Waals surface area contributed by atoms with Crippen molar-refractivity contribution < 1.29 is 13.9 Å². The maximum Gasteiger partial charge on any atom is 0.146 e. The van der Waals surface area contributed by atoms with Crippen LogP contribution in [0.5, 0.6) is 11.5 Å². The lowest BCUT2D eigenvalue weighted by molar-refractivity contribution is 0.313. The molecule has 0 unspecified atom stereocenters. The van der Waals surface area contributed by atoms with Crippen LogP contribution in [0.2, 0.25) is 0 Å². The van der Waals surface area contributed by atoms with E-state index in [0.29, 0.717) is 25.4 Å². The van der Waals surface area contributed by atoms with Crippen LogP contribution in [-0.2, 0) is 0 Å². The summed E-state index contributed by atoms with van der Waals surface area (Å²) in [7, 11) is 0. The van der Waals surface area contributed by atoms with Crippen molar-refractivity contribution >= 4 is 5.69 Å². The zero-order valence-electron chi connectivity index (χ0n) is 12.1. The topological polar surface area (TPSA) is 30.5 Å². The van der Waals surface area contributed by atoms with Crippen LogP contribution in [-0.4, -0.2) is 19.8 Å². The van der Waals surface area contributed by atoms with Crippen molar-refractivity contribution in [1.29, 1.82) is 0 Å². The summed E-state index contributed by atoms with van der Waals surface area (Å²) in [5, 5.41) is 3.00. The second-order valence-corrected chi connectivity index (χ2v) is 4.57. The van der Waals surface area contributed by atoms with Gasteiger partial charge in [-0.15, -0.1) is 0 Å². The molecule has 0 spiro atoms. The lowest BCUT2D eigenvalue weighted by Crippen LogP contribution is -2.12. The lowest BCUT2D eigenvalue weighted by atomic mass is 10.3. The van der Waals surface area contributed by atoms with E-state index in [1.165, 1.54) is 6.07 Å². The van der Waals surface area contributed by atoms with Gasteiger partial charge in [0.15, 0.2) is 0 Å². The Morgan fingerprint density at radius 3 is 2.14 bits per heavy atom. The van der Waals surface area contributed by atoms with Gasteiger partial charge in [-0.3, -0.25) is 0 Å². The van der Waals surface area contributed by atoms with Crippen LogP contribution < -0.4 is 14.8 Å². The predicted molar refractivity (Wildman–Crippen MR) is 82.6 cm³/mol. The number of benzene rings is 2. The second kappa shape index (κ2) is 8.15. The van der Waals surface area contributed by atoms with Gasteiger partial charge >= 0.3 is 0 Å². The first kappa shape index (κ1) is 15.2. The molecular formula is C17H20FNO2. The van der Waals surface area contributed by atoms with Crippen LogP contribution in [0.4, 0.5) is 10.1 Å². The standard InChI is InChI=1S/C17H20FNO2/c1-2-12-20-14-7-9-15(10-8-14)21-13-11-19-17-6-4-3-5-16(17)18/h3-10,19H,2,11-13H2,1H3. The quantitative estimate of drug-likeness (QED) is 0.742. The van der Waals surface area contributed by atoms with Crippen molar-refractivity contribution in [3.05, 3.63) is 54.3 Å². The van der Waals surface area contributed by atoms with E-state index in [-0.39, 0.29) is 5.82 Å². The number of hydrogen-bond donors (Lipinski definition) is 1. The number of ether oxygens (including phenoxy) is 2. The molecule has 3 nitrogen and oxygen atoms in total. The van der Waals surface area contributed by atoms with E-state index in [9.17, 15) is 4.39 Å². The van der Waals surface area contributed by atoms with Gasteiger partial charge in [-0.05, 0) is 42.8 Å². The fraction of sp³-hybridized carbons (Fsp3) is 0.294. The molecule has 2 aromatic carbocycles. The van der Waals surface area contributed by atoms with E-state index in [4.69, 9.17) is 9.47 Å². The van der Waals surface area contributed by atoms with Gasteiger partial charge in [-0.1, -0.05) is 19.1 Å². The molecule has 0 aromatic heterocycles. The number of nitrogens with one attached hydrogen (secondary N) is 1. The Balaban J connectivity index is 1.72. The third kappa shape index (κ3) is 4.99. The minimum atomic E-state index is -0.255. The van der Waals surface area contributed by atoms with Gasteiger partial charge in [0.1, 0.15) is 23.9 Å². The fourth-order valence-corrected chi connectivity index (χ4v) is 1.81. The van der Waals surface area contributed by atoms with Gasteiger partial charge in [0.05, 0.1) is 12.3 Å². The van der Waals surface area contributed by atoms with Crippen molar-refractivity contribution in [2.45, 2.75) is 13.3 Å². The molecule has 4 heteroatoms. The summed E-state index contributed by atoms with van der Waals surface area (Å²) in [6, 6.07) is 14.1. The summed E-state index contributed by atoms with van der Waals surface area (Å²) in [5.74, 6) is 1.36. The molecule has 21 heavy (non-hydrogen) atoms. The van der Waals surface area contributed by atoms with Crippen molar-refractivity contribution in [2.24, 2.45) is 0 Å². The summed E-state index contributed by atoms with van der Waals surface area (Å²) < 4.78 is 24.5. The smallest absolute Gasteiger partial charge is 0.146 e. The molecule has 0 radical (unpaired) electrons. The average molecular weight is 289 g/mol. The number of anilines is 1. The monoisotopic (exact) mass is 289 g/mol. The summed E-state index contributed by atoms with van der Waals surface area (Å²) in [6.07, 6.45) is 0.986. The van der Waals surface area contributed by atoms with Gasteiger partial charge < -0.3 is 14.8 Å². The number of hydrogen-bond acceptors (Lipinski definition) is 3. The minimum Gasteiger partial charge on any atom is -0.494 e. The van der Waals surface area contributed by atoms with Crippen molar-refractivity contribution in [1.82, 2.24) is 0 Å². The molecule has 0 amide bonds. The highest BCUT2D eigenvalue weighted by Crippen LogP contribution is 2.18. The lowest BCUT2D eigenvalue weighted by Gasteiger charge is -2.10. The molecule has 0 aliphatic heterocycles. The van der Waals surface area contributed by atoms with Gasteiger partial charge in [-0.2, -0.15) is 0 Å². The number of para-hydroxylation sites is 1. The summed E-state index contributed by atoms with van der Waals surface area (Å²) in [5.41, 5.74) is 0.490. The molecule has 0 fully saturated rings. The molecule has 0 saturated heterocycles. The largest absolute Gasteiger partial charge is 0.494 e. The zero-order valence-corrected chi connectivity index (χ0v) is 12.1. The summed E-state index contributed by atoms with van der Waals surface area (Å²) in [4.78, 5) is 0. The predicted octanol–water partition coefficient (Wildman–Crippen LogP) is 4.11. The van der Waals surface area contributed by atoms with Gasteiger partial charge in [-0.25, -0.2) is 4.39 Å². The fourth-order valence-electron chi connectivity index (χ4n) is 1.81. The highest BCUT2D eigenvalue weighted by Gasteiger charge is 1.99. The zero-order chi connectivity index (χ0) is 14.9. The SMILES string of the molecule is CCCOc1ccc(OCCNc2ccccc2F)cc1. The molecule has 0 saturated carbocycles. The van der Waals surface area contributed by atoms with Gasteiger partial charge in [0.2, 0.25) is 0 Å². The van der Waals surface area contributed by atoms with Crippen LogP contribution in [0.25, 0.3) is 0 Å². The molecule has 1 N–H and O–H groups in total. The Hall–Kier alpha value is -2.23. The van der Waals surface area contributed by atoms with Crippen molar-refractivity contribution in [3.8, 4) is 11.5 Å². The highest BCUT2D eigenvalue weighted by molar-refractivity contribution is 5.44. The third-order valence-electron chi connectivity index (χ3n) is 2.86. The van der Waals surface area contributed by atoms with Gasteiger partial charge in [0.25, 0.3) is 0 Å². The Kier molecular flexibility index (Phi) is 5.88. The first-order valence-electron chi connectivity index (χ1n) is 7.13. The van der Waals surface area contributed by atoms with Crippen LogP contribution in [0, 0.1) is 5.82 Å². The third-order valence-corrected chi connectivity index (χ3v) is 2.86. The summed E-state index contributed by atoms with van der Waals surface area (Å²) >= 11 is 0. The maximum absolute atomic E-state index is 13.4. The minimum absolute atomic E-state index is 0.255. The molecule has 112 valence electrons. The van der Waals surface area contributed by atoms with Crippen LogP contribution in [0.15, 0.2) is 48.5 Å². The Bertz CT molecular complexity index is 543. The van der Waals surface area contributed by atoms with E-state index in [1.54, 1.807) is 18.2 Å². The van der Waals surface area contributed by atoms with E-state index in [1.807, 2.05) is 24.3 Å². The molecular weight excluding hydrogens is 269 g/mol. The Labute approximate surface area is 124 Å². The van der Waals surface area contributed by atoms with Crippen LogP contribution >= 0.6 is 0 Å². The highest BCUT2D eigenvalue weighted by atomic mass is 19.1. The molecule has 0 heterocycles. The van der Waals surface area contributed by atoms with Gasteiger partial charge in [0, 0.05) is 6.54 Å². The van der Waals surface area contributed by atoms with E-state index >= 15 is 0 Å². The molecule has 0 bridgehead atoms. The molecule has 0 atom stereocenters. The second-order valence-electron chi connectivity index (χ2n) is 4.57. The van der Waals surface area contributed by atoms with Crippen molar-refractivity contribution in [2.75, 3.05) is 25.1 Å². The van der Waals surface area contributed by atoms with E-state index in [2.05, 4.69) is 12.2 Å². The number of rotatable bonds is 8. The van der Waals surface area contributed by atoms with Crippen LogP contribution in [0.1, 0.15) is 13.3 Å². The first-order valence-corrected chi connectivity index (χ1v) is 7.13. The molecule has 2 aromatic rings. The Morgan fingerprint density at radius 1 is 0.905 bits per heavy atom. The molecule has 2 rings (SSSR count). The first-order chi connectivity index (χ1) is 10.3. The maximum atomic E-state index is 13.4. The Morgan fingerprint density at radius 2 is 1.52 bits per heavy atom.